The summed E-state index contributed by atoms with van der Waals surface area (Å²) in [4.78, 5) is 13.8. The van der Waals surface area contributed by atoms with Crippen LogP contribution in [0.2, 0.25) is 0 Å². The second kappa shape index (κ2) is 28.9. The van der Waals surface area contributed by atoms with Gasteiger partial charge in [-0.3, -0.25) is 0 Å². The molecule has 0 atom stereocenters. The standard InChI is InChI=1S/C42H87O2P/c1-8-12-16-20-21-22-23-24-25-26-27-34-40-45(37-31-17-13-9-2,38-32-18-14-10-3,39-33-19-15-11-4)44-41(43)35-29-28-30-36-42(5,6)7/h8-40H2,1-7H3. The minimum atomic E-state index is -2.61. The molecule has 0 spiro atoms. The van der Waals surface area contributed by atoms with Crippen LogP contribution in [0.25, 0.3) is 0 Å². The van der Waals surface area contributed by atoms with Crippen molar-refractivity contribution in [1.82, 2.24) is 0 Å². The summed E-state index contributed by atoms with van der Waals surface area (Å²) in [5.41, 5.74) is 0.385. The van der Waals surface area contributed by atoms with Crippen LogP contribution >= 0.6 is 6.83 Å². The Bertz CT molecular complexity index is 618. The van der Waals surface area contributed by atoms with Crippen molar-refractivity contribution in [1.29, 1.82) is 0 Å². The van der Waals surface area contributed by atoms with Gasteiger partial charge < -0.3 is 0 Å². The van der Waals surface area contributed by atoms with Crippen molar-refractivity contribution in [3.05, 3.63) is 0 Å². The minimum absolute atomic E-state index is 0.170. The van der Waals surface area contributed by atoms with Gasteiger partial charge in [-0.25, -0.2) is 0 Å². The zero-order valence-electron chi connectivity index (χ0n) is 32.6. The third kappa shape index (κ3) is 25.6. The van der Waals surface area contributed by atoms with E-state index >= 15 is 0 Å². The molecule has 0 aromatic carbocycles. The molecule has 0 bridgehead atoms. The molecule has 0 aliphatic rings. The Hall–Kier alpha value is -0.100. The zero-order valence-corrected chi connectivity index (χ0v) is 33.5. The Morgan fingerprint density at radius 2 is 0.711 bits per heavy atom. The predicted octanol–water partition coefficient (Wildman–Crippen LogP) is 15.4. The number of carbonyl (C=O) groups excluding carboxylic acids is 1. The van der Waals surface area contributed by atoms with Gasteiger partial charge in [0.1, 0.15) is 0 Å². The van der Waals surface area contributed by atoms with Crippen LogP contribution in [-0.4, -0.2) is 30.6 Å². The first-order chi connectivity index (χ1) is 21.7. The molecule has 0 aliphatic heterocycles. The van der Waals surface area contributed by atoms with Crippen LogP contribution in [0.4, 0.5) is 0 Å². The molecule has 0 radical (unpaired) electrons. The summed E-state index contributed by atoms with van der Waals surface area (Å²) in [5, 5.41) is 0. The molecule has 45 heavy (non-hydrogen) atoms. The zero-order chi connectivity index (χ0) is 33.6. The Labute approximate surface area is 286 Å². The molecule has 0 saturated heterocycles. The number of unbranched alkanes of at least 4 members (excludes halogenated alkanes) is 22. The van der Waals surface area contributed by atoms with E-state index in [0.29, 0.717) is 11.8 Å². The molecule has 0 aromatic rings. The van der Waals surface area contributed by atoms with E-state index in [1.807, 2.05) is 0 Å². The maximum atomic E-state index is 13.8. The molecule has 0 rings (SSSR count). The van der Waals surface area contributed by atoms with Crippen molar-refractivity contribution in [2.45, 2.75) is 235 Å². The third-order valence-electron chi connectivity index (χ3n) is 10.5. The molecule has 3 heteroatoms. The first-order valence-electron chi connectivity index (χ1n) is 20.9. The van der Waals surface area contributed by atoms with Gasteiger partial charge in [0.25, 0.3) is 0 Å². The fourth-order valence-corrected chi connectivity index (χ4v) is 13.9. The molecule has 0 amide bonds. The van der Waals surface area contributed by atoms with E-state index in [2.05, 4.69) is 48.5 Å². The molecular weight excluding hydrogens is 567 g/mol. The van der Waals surface area contributed by atoms with Gasteiger partial charge >= 0.3 is 274 Å². The van der Waals surface area contributed by atoms with E-state index < -0.39 is 6.83 Å². The second-order valence-corrected chi connectivity index (χ2v) is 22.1. The van der Waals surface area contributed by atoms with Gasteiger partial charge in [-0.05, 0) is 0 Å². The summed E-state index contributed by atoms with van der Waals surface area (Å²) >= 11 is 0. The van der Waals surface area contributed by atoms with Crippen molar-refractivity contribution in [2.24, 2.45) is 5.41 Å². The molecule has 0 N–H and O–H groups in total. The van der Waals surface area contributed by atoms with Crippen LogP contribution in [0.5, 0.6) is 0 Å². The third-order valence-corrected chi connectivity index (χ3v) is 17.0. The van der Waals surface area contributed by atoms with Crippen molar-refractivity contribution >= 4 is 12.8 Å². The van der Waals surface area contributed by atoms with Gasteiger partial charge in [0.2, 0.25) is 0 Å². The first kappa shape index (κ1) is 44.9. The fraction of sp³-hybridized carbons (Fsp3) is 0.976. The Morgan fingerprint density at radius 1 is 0.422 bits per heavy atom. The van der Waals surface area contributed by atoms with Crippen LogP contribution in [0.15, 0.2) is 0 Å². The maximum absolute atomic E-state index is 13.8. The average Bonchev–Trinajstić information content (AvgIpc) is 3.00. The monoisotopic (exact) mass is 655 g/mol. The average molecular weight is 655 g/mol. The molecule has 0 unspecified atom stereocenters. The Kier molecular flexibility index (Phi) is 28.8. The molecule has 2 nitrogen and oxygen atoms in total. The molecular formula is C42H87O2P. The quantitative estimate of drug-likeness (QED) is 0.0510. The van der Waals surface area contributed by atoms with Gasteiger partial charge in [0.05, 0.1) is 0 Å². The number of rotatable bonds is 34. The number of hydrogen-bond acceptors (Lipinski definition) is 2. The molecule has 0 saturated carbocycles. The van der Waals surface area contributed by atoms with Crippen LogP contribution in [-0.2, 0) is 9.32 Å². The summed E-state index contributed by atoms with van der Waals surface area (Å²) in [6, 6.07) is 0. The van der Waals surface area contributed by atoms with Crippen molar-refractivity contribution in [2.75, 3.05) is 24.6 Å². The number of hydrogen-bond donors (Lipinski definition) is 0. The second-order valence-electron chi connectivity index (χ2n) is 16.4. The van der Waals surface area contributed by atoms with E-state index in [9.17, 15) is 4.79 Å². The van der Waals surface area contributed by atoms with Gasteiger partial charge in [0.15, 0.2) is 0 Å². The molecule has 272 valence electrons. The topological polar surface area (TPSA) is 26.3 Å². The summed E-state index contributed by atoms with van der Waals surface area (Å²) in [7, 11) is 0. The van der Waals surface area contributed by atoms with Crippen molar-refractivity contribution < 1.29 is 9.32 Å². The first-order valence-corrected chi connectivity index (χ1v) is 23.8. The summed E-state index contributed by atoms with van der Waals surface area (Å²) < 4.78 is 7.21. The molecule has 0 heterocycles. The van der Waals surface area contributed by atoms with Crippen LogP contribution in [0.3, 0.4) is 0 Å². The van der Waals surface area contributed by atoms with Gasteiger partial charge in [-0.15, -0.1) is 0 Å². The van der Waals surface area contributed by atoms with Gasteiger partial charge in [-0.1, -0.05) is 13.3 Å². The van der Waals surface area contributed by atoms with E-state index in [0.717, 1.165) is 12.8 Å². The van der Waals surface area contributed by atoms with Gasteiger partial charge in [0, 0.05) is 0 Å². The molecule has 0 aliphatic carbocycles. The molecule has 0 aromatic heterocycles. The summed E-state index contributed by atoms with van der Waals surface area (Å²) in [5.74, 6) is 0.170. The SMILES string of the molecule is CCCCCCCCCCCCCCP(CCCCCC)(CCCCCC)(CCCCCC)OC(=O)CCCCCC(C)(C)C. The fourth-order valence-electron chi connectivity index (χ4n) is 7.46. The predicted molar refractivity (Wildman–Crippen MR) is 209 cm³/mol. The van der Waals surface area contributed by atoms with Gasteiger partial charge in [-0.2, -0.15) is 0 Å². The summed E-state index contributed by atoms with van der Waals surface area (Å²) in [6.07, 6.45) is 42.3. The van der Waals surface area contributed by atoms with E-state index in [1.54, 1.807) is 0 Å². The Balaban J connectivity index is 5.55. The Morgan fingerprint density at radius 3 is 1.04 bits per heavy atom. The van der Waals surface area contributed by atoms with Crippen molar-refractivity contribution in [3.8, 4) is 0 Å². The van der Waals surface area contributed by atoms with E-state index in [4.69, 9.17) is 4.52 Å². The normalized spacial score (nSPS) is 13.2. The van der Waals surface area contributed by atoms with Crippen LogP contribution in [0.1, 0.15) is 235 Å². The van der Waals surface area contributed by atoms with Crippen LogP contribution < -0.4 is 0 Å². The van der Waals surface area contributed by atoms with E-state index in [1.165, 1.54) is 192 Å². The molecule has 0 fully saturated rings. The summed E-state index contributed by atoms with van der Waals surface area (Å²) in [6.45, 7) is 13.6. The van der Waals surface area contributed by atoms with E-state index in [-0.39, 0.29) is 5.97 Å². The number of carbonyl (C=O) groups is 1. The van der Waals surface area contributed by atoms with Crippen LogP contribution in [0, 0.1) is 5.41 Å². The van der Waals surface area contributed by atoms with Crippen molar-refractivity contribution in [3.63, 3.8) is 0 Å².